The zero-order valence-electron chi connectivity index (χ0n) is 17.9. The predicted molar refractivity (Wildman–Crippen MR) is 128 cm³/mol. The highest BCUT2D eigenvalue weighted by Crippen LogP contribution is 2.48. The molecule has 3 unspecified atom stereocenters. The smallest absolute Gasteiger partial charge is 0.242 e. The Morgan fingerprint density at radius 3 is 2.91 bits per heavy atom. The van der Waals surface area contributed by atoms with Gasteiger partial charge in [0.1, 0.15) is 6.04 Å². The van der Waals surface area contributed by atoms with E-state index in [1.54, 1.807) is 0 Å². The molecule has 168 valence electrons. The third-order valence-corrected chi connectivity index (χ3v) is 8.61. The summed E-state index contributed by atoms with van der Waals surface area (Å²) < 4.78 is 5.50. The van der Waals surface area contributed by atoms with Crippen LogP contribution in [0.5, 0.6) is 0 Å². The number of benzene rings is 1. The summed E-state index contributed by atoms with van der Waals surface area (Å²) >= 11 is 8.59. The summed E-state index contributed by atoms with van der Waals surface area (Å²) in [6.45, 7) is 4.04. The number of rotatable bonds is 2. The number of nitrogens with one attached hydrogen (secondary N) is 2. The first kappa shape index (κ1) is 20.7. The molecule has 2 saturated heterocycles. The van der Waals surface area contributed by atoms with Crippen molar-refractivity contribution >= 4 is 39.9 Å². The number of halogens is 1. The van der Waals surface area contributed by atoms with Gasteiger partial charge < -0.3 is 14.5 Å². The van der Waals surface area contributed by atoms with Crippen LogP contribution in [0.3, 0.4) is 0 Å². The Bertz CT molecular complexity index is 1060. The molecule has 2 N–H and O–H groups in total. The van der Waals surface area contributed by atoms with Crippen molar-refractivity contribution < 1.29 is 9.53 Å². The van der Waals surface area contributed by atoms with Crippen LogP contribution in [0, 0.1) is 0 Å². The lowest BCUT2D eigenvalue weighted by atomic mass is 9.91. The normalized spacial score (nSPS) is 27.0. The van der Waals surface area contributed by atoms with Crippen molar-refractivity contribution in [3.8, 4) is 0 Å². The lowest BCUT2D eigenvalue weighted by Gasteiger charge is -2.35. The van der Waals surface area contributed by atoms with Crippen molar-refractivity contribution in [1.29, 1.82) is 0 Å². The van der Waals surface area contributed by atoms with Crippen molar-refractivity contribution in [1.82, 2.24) is 15.5 Å². The summed E-state index contributed by atoms with van der Waals surface area (Å²) in [6.07, 6.45) is 6.59. The predicted octanol–water partition coefficient (Wildman–Crippen LogP) is 3.02. The number of hydrogen-bond acceptors (Lipinski definition) is 6. The molecule has 8 heteroatoms. The summed E-state index contributed by atoms with van der Waals surface area (Å²) in [5.41, 5.74) is 3.74. The fourth-order valence-electron chi connectivity index (χ4n) is 5.43. The first-order valence-electron chi connectivity index (χ1n) is 11.4. The first-order valence-corrected chi connectivity index (χ1v) is 12.6. The molecular weight excluding hydrogens is 444 g/mol. The minimum Gasteiger partial charge on any atom is -0.378 e. The van der Waals surface area contributed by atoms with Crippen molar-refractivity contribution in [2.45, 2.75) is 31.0 Å². The van der Waals surface area contributed by atoms with Gasteiger partial charge in [-0.15, -0.1) is 11.3 Å². The minimum atomic E-state index is -0.321. The molecule has 4 aliphatic rings. The van der Waals surface area contributed by atoms with Crippen molar-refractivity contribution in [3.05, 3.63) is 56.9 Å². The van der Waals surface area contributed by atoms with Crippen LogP contribution in [0.2, 0.25) is 5.02 Å². The lowest BCUT2D eigenvalue weighted by molar-refractivity contribution is -0.138. The van der Waals surface area contributed by atoms with Crippen LogP contribution >= 0.6 is 22.9 Å². The van der Waals surface area contributed by atoms with Crippen LogP contribution < -0.4 is 15.5 Å². The number of fused-ring (bicyclic) bond motifs is 5. The van der Waals surface area contributed by atoms with Gasteiger partial charge in [0.05, 0.1) is 37.0 Å². The largest absolute Gasteiger partial charge is 0.378 e. The molecule has 32 heavy (non-hydrogen) atoms. The quantitative estimate of drug-likeness (QED) is 0.706. The fourth-order valence-corrected chi connectivity index (χ4v) is 7.05. The number of carbonyl (C=O) groups is 1. The second-order valence-corrected chi connectivity index (χ2v) is 10.2. The second-order valence-electron chi connectivity index (χ2n) is 8.79. The van der Waals surface area contributed by atoms with E-state index in [-0.39, 0.29) is 24.0 Å². The number of carbonyl (C=O) groups excluding carboxylic acids is 1. The van der Waals surface area contributed by atoms with Crippen LogP contribution in [0.4, 0.5) is 5.00 Å². The number of amides is 1. The van der Waals surface area contributed by atoms with Crippen molar-refractivity contribution in [2.75, 3.05) is 44.4 Å². The molecule has 4 heterocycles. The Morgan fingerprint density at radius 2 is 2.06 bits per heavy atom. The van der Waals surface area contributed by atoms with E-state index >= 15 is 0 Å². The molecule has 0 radical (unpaired) electrons. The highest BCUT2D eigenvalue weighted by molar-refractivity contribution is 7.17. The maximum atomic E-state index is 13.8. The highest BCUT2D eigenvalue weighted by Gasteiger charge is 2.45. The summed E-state index contributed by atoms with van der Waals surface area (Å²) in [6, 6.07) is 7.66. The number of anilines is 1. The molecule has 6 nitrogen and oxygen atoms in total. The summed E-state index contributed by atoms with van der Waals surface area (Å²) in [4.78, 5) is 19.5. The van der Waals surface area contributed by atoms with Gasteiger partial charge in [-0.25, -0.2) is 0 Å². The lowest BCUT2D eigenvalue weighted by Crippen LogP contribution is -2.58. The van der Waals surface area contributed by atoms with Gasteiger partial charge in [0, 0.05) is 35.1 Å². The summed E-state index contributed by atoms with van der Waals surface area (Å²) in [5, 5.41) is 9.34. The monoisotopic (exact) mass is 470 g/mol. The van der Waals surface area contributed by atoms with Gasteiger partial charge in [0.25, 0.3) is 0 Å². The SMILES string of the molecule is O=C(C1NC(c2ccccc2Cl)c2c(sc3c2CCC=C3)N2CNCC12)N1CCOCC1. The number of nitrogens with zero attached hydrogens (tertiary/aromatic N) is 2. The molecule has 0 spiro atoms. The van der Waals surface area contributed by atoms with Gasteiger partial charge in [0.15, 0.2) is 0 Å². The molecular formula is C24H27ClN4O2S. The van der Waals surface area contributed by atoms with E-state index in [1.165, 1.54) is 21.0 Å². The number of ether oxygens (including phenoxy) is 1. The van der Waals surface area contributed by atoms with E-state index < -0.39 is 0 Å². The molecule has 1 aromatic carbocycles. The number of hydrogen-bond donors (Lipinski definition) is 2. The number of morpholine rings is 1. The van der Waals surface area contributed by atoms with E-state index in [0.29, 0.717) is 26.3 Å². The third kappa shape index (κ3) is 3.38. The average molecular weight is 471 g/mol. The van der Waals surface area contributed by atoms with Gasteiger partial charge in [-0.1, -0.05) is 35.9 Å². The maximum absolute atomic E-state index is 13.8. The third-order valence-electron chi connectivity index (χ3n) is 7.01. The number of allylic oxidation sites excluding steroid dienone is 1. The Hall–Kier alpha value is -1.90. The molecule has 1 amide bonds. The van der Waals surface area contributed by atoms with E-state index in [2.05, 4.69) is 33.8 Å². The zero-order chi connectivity index (χ0) is 21.7. The second kappa shape index (κ2) is 8.47. The topological polar surface area (TPSA) is 56.8 Å². The molecule has 2 aromatic rings. The molecule has 6 rings (SSSR count). The molecule has 3 aliphatic heterocycles. The van der Waals surface area contributed by atoms with Crippen molar-refractivity contribution in [3.63, 3.8) is 0 Å². The summed E-state index contributed by atoms with van der Waals surface area (Å²) in [7, 11) is 0. The Balaban J connectivity index is 1.49. The Labute approximate surface area is 197 Å². The molecule has 3 atom stereocenters. The van der Waals surface area contributed by atoms with E-state index in [4.69, 9.17) is 16.3 Å². The van der Waals surface area contributed by atoms with E-state index in [1.807, 2.05) is 34.4 Å². The molecule has 0 saturated carbocycles. The van der Waals surface area contributed by atoms with E-state index in [0.717, 1.165) is 36.6 Å². The van der Waals surface area contributed by atoms with Crippen LogP contribution in [-0.2, 0) is 16.0 Å². The van der Waals surface area contributed by atoms with Crippen molar-refractivity contribution in [2.24, 2.45) is 0 Å². The molecule has 1 aliphatic carbocycles. The average Bonchev–Trinajstić information content (AvgIpc) is 3.43. The Morgan fingerprint density at radius 1 is 1.22 bits per heavy atom. The van der Waals surface area contributed by atoms with Crippen LogP contribution in [-0.4, -0.2) is 62.4 Å². The van der Waals surface area contributed by atoms with Gasteiger partial charge in [-0.3, -0.25) is 15.4 Å². The van der Waals surface area contributed by atoms with Crippen LogP contribution in [0.25, 0.3) is 6.08 Å². The van der Waals surface area contributed by atoms with Gasteiger partial charge in [-0.2, -0.15) is 0 Å². The van der Waals surface area contributed by atoms with Gasteiger partial charge in [-0.05, 0) is 36.1 Å². The molecule has 2 fully saturated rings. The van der Waals surface area contributed by atoms with Gasteiger partial charge in [0.2, 0.25) is 5.91 Å². The highest BCUT2D eigenvalue weighted by atomic mass is 35.5. The maximum Gasteiger partial charge on any atom is 0.242 e. The molecule has 0 bridgehead atoms. The van der Waals surface area contributed by atoms with Crippen LogP contribution in [0.1, 0.15) is 34.0 Å². The van der Waals surface area contributed by atoms with Gasteiger partial charge >= 0.3 is 0 Å². The zero-order valence-corrected chi connectivity index (χ0v) is 19.4. The summed E-state index contributed by atoms with van der Waals surface area (Å²) in [5.74, 6) is 0.160. The minimum absolute atomic E-state index is 0.0562. The molecule has 1 aromatic heterocycles. The first-order chi connectivity index (χ1) is 15.7. The van der Waals surface area contributed by atoms with Crippen LogP contribution in [0.15, 0.2) is 30.3 Å². The standard InChI is InChI=1S/C24H27ClN4O2S/c25-17-7-3-1-5-15(17)21-20-16-6-2-4-8-19(16)32-24(20)29-14-26-13-18(29)22(27-21)23(30)28-9-11-31-12-10-28/h1,3-5,7-8,18,21-22,26-27H,2,6,9-14H2. The Kier molecular flexibility index (Phi) is 5.47. The van der Waals surface area contributed by atoms with E-state index in [9.17, 15) is 4.79 Å². The fraction of sp³-hybridized carbons (Fsp3) is 0.458. The number of thiophene rings is 1.